The summed E-state index contributed by atoms with van der Waals surface area (Å²) in [5, 5.41) is 0. The molecule has 1 atom stereocenters. The molecule has 0 saturated heterocycles. The molecule has 1 unspecified atom stereocenters. The summed E-state index contributed by atoms with van der Waals surface area (Å²) in [5.41, 5.74) is 6.36. The fraction of sp³-hybridized carbons (Fsp3) is 0.250. The number of aromatic nitrogens is 4. The van der Waals surface area contributed by atoms with Gasteiger partial charge in [-0.2, -0.15) is 0 Å². The SMILES string of the molecule is C=S(OC)c1cc(C)ccc1-c1nc2cc3c(cc2n1C)nc(C)n3C. The third-order valence-electron chi connectivity index (χ3n) is 4.93. The standard InChI is InChI=1S/C20H22N4OS/c1-12-7-8-14(19(9-12)26(6)25-5)20-22-16-11-17-15(10-18(16)24(20)4)21-13(2)23(17)3/h7-11H,6H2,1-5H3. The molecule has 0 N–H and O–H groups in total. The Morgan fingerprint density at radius 1 is 0.962 bits per heavy atom. The van der Waals surface area contributed by atoms with Crippen molar-refractivity contribution in [1.82, 2.24) is 19.1 Å². The molecule has 0 aliphatic heterocycles. The van der Waals surface area contributed by atoms with Gasteiger partial charge in [0.25, 0.3) is 0 Å². The molecule has 0 radical (unpaired) electrons. The van der Waals surface area contributed by atoms with Crippen LogP contribution in [-0.4, -0.2) is 32.1 Å². The van der Waals surface area contributed by atoms with Crippen molar-refractivity contribution in [3.8, 4) is 11.4 Å². The van der Waals surface area contributed by atoms with Gasteiger partial charge >= 0.3 is 0 Å². The number of hydrogen-bond donors (Lipinski definition) is 0. The van der Waals surface area contributed by atoms with E-state index in [0.29, 0.717) is 0 Å². The van der Waals surface area contributed by atoms with Gasteiger partial charge in [-0.05, 0) is 60.3 Å². The average Bonchev–Trinajstić information content (AvgIpc) is 3.09. The predicted octanol–water partition coefficient (Wildman–Crippen LogP) is 4.37. The van der Waals surface area contributed by atoms with E-state index in [4.69, 9.17) is 9.17 Å². The van der Waals surface area contributed by atoms with Crippen molar-refractivity contribution < 1.29 is 4.18 Å². The first-order chi connectivity index (χ1) is 12.4. The molecule has 4 rings (SSSR count). The highest BCUT2D eigenvalue weighted by Crippen LogP contribution is 2.37. The third-order valence-corrected chi connectivity index (χ3v) is 6.16. The van der Waals surface area contributed by atoms with Gasteiger partial charge < -0.3 is 13.3 Å². The van der Waals surface area contributed by atoms with Crippen molar-refractivity contribution in [2.45, 2.75) is 18.7 Å². The molecule has 0 bridgehead atoms. The van der Waals surface area contributed by atoms with Crippen molar-refractivity contribution in [2.75, 3.05) is 7.11 Å². The molecule has 2 aromatic heterocycles. The Balaban J connectivity index is 2.00. The molecule has 0 spiro atoms. The summed E-state index contributed by atoms with van der Waals surface area (Å²) >= 11 is 0. The Kier molecular flexibility index (Phi) is 3.97. The quantitative estimate of drug-likeness (QED) is 0.506. The highest BCUT2D eigenvalue weighted by molar-refractivity contribution is 8.10. The van der Waals surface area contributed by atoms with Crippen LogP contribution >= 0.6 is 10.8 Å². The van der Waals surface area contributed by atoms with Crippen LogP contribution in [-0.2, 0) is 18.3 Å². The fourth-order valence-electron chi connectivity index (χ4n) is 3.33. The molecule has 0 aliphatic carbocycles. The second-order valence-electron chi connectivity index (χ2n) is 6.55. The Morgan fingerprint density at radius 3 is 2.31 bits per heavy atom. The van der Waals surface area contributed by atoms with Crippen LogP contribution < -0.4 is 0 Å². The van der Waals surface area contributed by atoms with Crippen molar-refractivity contribution in [3.05, 3.63) is 41.7 Å². The minimum absolute atomic E-state index is 0.536. The number of hydrogen-bond acceptors (Lipinski definition) is 3. The van der Waals surface area contributed by atoms with Crippen LogP contribution in [0.3, 0.4) is 0 Å². The van der Waals surface area contributed by atoms with Crippen LogP contribution in [0.25, 0.3) is 33.5 Å². The van der Waals surface area contributed by atoms with Gasteiger partial charge in [0.15, 0.2) is 0 Å². The van der Waals surface area contributed by atoms with E-state index in [-0.39, 0.29) is 0 Å². The van der Waals surface area contributed by atoms with E-state index in [9.17, 15) is 0 Å². The monoisotopic (exact) mass is 366 g/mol. The van der Waals surface area contributed by atoms with E-state index < -0.39 is 10.8 Å². The van der Waals surface area contributed by atoms with Crippen LogP contribution in [0.2, 0.25) is 0 Å². The maximum atomic E-state index is 5.51. The van der Waals surface area contributed by atoms with Gasteiger partial charge in [0.05, 0.1) is 29.2 Å². The normalized spacial score (nSPS) is 13.0. The molecule has 134 valence electrons. The van der Waals surface area contributed by atoms with E-state index in [1.807, 2.05) is 21.0 Å². The van der Waals surface area contributed by atoms with Crippen molar-refractivity contribution in [3.63, 3.8) is 0 Å². The highest BCUT2D eigenvalue weighted by Gasteiger charge is 2.17. The Bertz CT molecular complexity index is 1190. The van der Waals surface area contributed by atoms with Crippen molar-refractivity contribution in [1.29, 1.82) is 0 Å². The van der Waals surface area contributed by atoms with E-state index in [2.05, 4.69) is 57.2 Å². The van der Waals surface area contributed by atoms with Gasteiger partial charge in [-0.15, -0.1) is 0 Å². The maximum Gasteiger partial charge on any atom is 0.142 e. The molecule has 6 heteroatoms. The zero-order chi connectivity index (χ0) is 18.6. The van der Waals surface area contributed by atoms with Crippen LogP contribution in [0.15, 0.2) is 35.2 Å². The molecule has 4 aromatic rings. The topological polar surface area (TPSA) is 44.9 Å². The number of rotatable bonds is 3. The molecule has 0 saturated carbocycles. The minimum Gasteiger partial charge on any atom is -0.331 e. The van der Waals surface area contributed by atoms with Gasteiger partial charge in [-0.1, -0.05) is 6.07 Å². The molecule has 0 aliphatic rings. The fourth-order valence-corrected chi connectivity index (χ4v) is 4.23. The van der Waals surface area contributed by atoms with Crippen molar-refractivity contribution >= 4 is 38.7 Å². The third kappa shape index (κ3) is 2.48. The summed E-state index contributed by atoms with van der Waals surface area (Å²) in [6, 6.07) is 10.6. The minimum atomic E-state index is -0.536. The zero-order valence-electron chi connectivity index (χ0n) is 15.7. The van der Waals surface area contributed by atoms with Crippen LogP contribution in [0.1, 0.15) is 11.4 Å². The molecule has 2 aromatic carbocycles. The second-order valence-corrected chi connectivity index (χ2v) is 8.02. The summed E-state index contributed by atoms with van der Waals surface area (Å²) in [7, 11) is 5.24. The maximum absolute atomic E-state index is 5.51. The number of nitrogens with zero attached hydrogens (tertiary/aromatic N) is 4. The molecular weight excluding hydrogens is 344 g/mol. The van der Waals surface area contributed by atoms with Crippen LogP contribution in [0.4, 0.5) is 0 Å². The largest absolute Gasteiger partial charge is 0.331 e. The van der Waals surface area contributed by atoms with E-state index in [1.54, 1.807) is 7.11 Å². The highest BCUT2D eigenvalue weighted by atomic mass is 32.2. The Labute approximate surface area is 155 Å². The van der Waals surface area contributed by atoms with Crippen LogP contribution in [0.5, 0.6) is 0 Å². The molecule has 0 fully saturated rings. The Morgan fingerprint density at radius 2 is 1.62 bits per heavy atom. The van der Waals surface area contributed by atoms with Crippen molar-refractivity contribution in [2.24, 2.45) is 14.1 Å². The van der Waals surface area contributed by atoms with E-state index >= 15 is 0 Å². The van der Waals surface area contributed by atoms with E-state index in [0.717, 1.165) is 44.2 Å². The lowest BCUT2D eigenvalue weighted by Gasteiger charge is -2.12. The van der Waals surface area contributed by atoms with E-state index in [1.165, 1.54) is 5.56 Å². The number of fused-ring (bicyclic) bond motifs is 2. The number of aryl methyl sites for hydroxylation is 4. The summed E-state index contributed by atoms with van der Waals surface area (Å²) in [5.74, 6) is 6.07. The van der Waals surface area contributed by atoms with Gasteiger partial charge in [-0.3, -0.25) is 0 Å². The second kappa shape index (κ2) is 6.07. The van der Waals surface area contributed by atoms with Gasteiger partial charge in [0.2, 0.25) is 0 Å². The number of imidazole rings is 2. The number of benzene rings is 2. The summed E-state index contributed by atoms with van der Waals surface area (Å²) in [6.45, 7) is 4.10. The summed E-state index contributed by atoms with van der Waals surface area (Å²) in [4.78, 5) is 10.7. The lowest BCUT2D eigenvalue weighted by Crippen LogP contribution is -1.95. The Hall–Kier alpha value is -2.44. The lowest BCUT2D eigenvalue weighted by atomic mass is 10.1. The lowest BCUT2D eigenvalue weighted by molar-refractivity contribution is 0.488. The summed E-state index contributed by atoms with van der Waals surface area (Å²) in [6.07, 6.45) is 0. The molecule has 0 amide bonds. The van der Waals surface area contributed by atoms with Gasteiger partial charge in [-0.25, -0.2) is 9.97 Å². The smallest absolute Gasteiger partial charge is 0.142 e. The summed E-state index contributed by atoms with van der Waals surface area (Å²) < 4.78 is 9.73. The van der Waals surface area contributed by atoms with Gasteiger partial charge in [0.1, 0.15) is 11.6 Å². The molecule has 5 nitrogen and oxygen atoms in total. The van der Waals surface area contributed by atoms with Crippen LogP contribution in [0, 0.1) is 13.8 Å². The molecule has 26 heavy (non-hydrogen) atoms. The average molecular weight is 366 g/mol. The molecule has 2 heterocycles. The first kappa shape index (κ1) is 17.0. The zero-order valence-corrected chi connectivity index (χ0v) is 16.5. The molecular formula is C20H22N4OS. The first-order valence-electron chi connectivity index (χ1n) is 8.39. The predicted molar refractivity (Wildman–Crippen MR) is 110 cm³/mol. The first-order valence-corrected chi connectivity index (χ1v) is 9.71. The van der Waals surface area contributed by atoms with Gasteiger partial charge in [0, 0.05) is 24.6 Å².